The lowest BCUT2D eigenvalue weighted by atomic mass is 9.95. The molecule has 2 N–H and O–H groups in total. The zero-order chi connectivity index (χ0) is 10.8. The molecule has 0 fully saturated rings. The Morgan fingerprint density at radius 3 is 2.80 bits per heavy atom. The van der Waals surface area contributed by atoms with Crippen LogP contribution in [0.2, 0.25) is 0 Å². The number of rotatable bonds is 3. The Kier molecular flexibility index (Phi) is 2.96. The van der Waals surface area contributed by atoms with Crippen LogP contribution in [0.1, 0.15) is 25.8 Å². The zero-order valence-electron chi connectivity index (χ0n) is 9.44. The molecule has 0 aliphatic carbocycles. The monoisotopic (exact) mass is 205 g/mol. The van der Waals surface area contributed by atoms with Crippen LogP contribution in [0.15, 0.2) is 24.3 Å². The average Bonchev–Trinajstić information content (AvgIpc) is 2.59. The predicted octanol–water partition coefficient (Wildman–Crippen LogP) is 2.36. The van der Waals surface area contributed by atoms with Crippen LogP contribution in [0.5, 0.6) is 5.75 Å². The highest BCUT2D eigenvalue weighted by Crippen LogP contribution is 2.31. The summed E-state index contributed by atoms with van der Waals surface area (Å²) in [6, 6.07) is 8.53. The largest absolute Gasteiger partial charge is 0.490 e. The second-order valence-corrected chi connectivity index (χ2v) is 4.62. The summed E-state index contributed by atoms with van der Waals surface area (Å²) in [5.41, 5.74) is 7.20. The summed E-state index contributed by atoms with van der Waals surface area (Å²) < 4.78 is 5.87. The van der Waals surface area contributed by atoms with Gasteiger partial charge < -0.3 is 10.5 Å². The molecule has 2 nitrogen and oxygen atoms in total. The van der Waals surface area contributed by atoms with Gasteiger partial charge in [-0.05, 0) is 30.9 Å². The SMILES string of the molecule is CC(N)C(C)CC1Cc2ccccc2O1. The molecule has 0 saturated carbocycles. The molecular formula is C13H19NO. The van der Waals surface area contributed by atoms with Crippen LogP contribution in [-0.2, 0) is 6.42 Å². The molecule has 1 heterocycles. The molecule has 15 heavy (non-hydrogen) atoms. The van der Waals surface area contributed by atoms with Crippen LogP contribution in [0.4, 0.5) is 0 Å². The minimum Gasteiger partial charge on any atom is -0.490 e. The lowest BCUT2D eigenvalue weighted by molar-refractivity contribution is 0.191. The normalized spacial score (nSPS) is 23.0. The van der Waals surface area contributed by atoms with Gasteiger partial charge in [-0.1, -0.05) is 25.1 Å². The first-order valence-electron chi connectivity index (χ1n) is 5.67. The number of ether oxygens (including phenoxy) is 1. The minimum absolute atomic E-state index is 0.248. The highest BCUT2D eigenvalue weighted by Gasteiger charge is 2.24. The molecular weight excluding hydrogens is 186 g/mol. The van der Waals surface area contributed by atoms with Gasteiger partial charge >= 0.3 is 0 Å². The molecule has 0 radical (unpaired) electrons. The topological polar surface area (TPSA) is 35.2 Å². The van der Waals surface area contributed by atoms with E-state index in [0.717, 1.165) is 18.6 Å². The second kappa shape index (κ2) is 4.23. The van der Waals surface area contributed by atoms with E-state index >= 15 is 0 Å². The van der Waals surface area contributed by atoms with Crippen molar-refractivity contribution < 1.29 is 4.74 Å². The van der Waals surface area contributed by atoms with Gasteiger partial charge in [-0.2, -0.15) is 0 Å². The van der Waals surface area contributed by atoms with Crippen LogP contribution in [0.25, 0.3) is 0 Å². The third kappa shape index (κ3) is 2.32. The maximum absolute atomic E-state index is 5.87. The predicted molar refractivity (Wildman–Crippen MR) is 62.0 cm³/mol. The molecule has 1 aromatic carbocycles. The van der Waals surface area contributed by atoms with Crippen molar-refractivity contribution in [3.05, 3.63) is 29.8 Å². The molecule has 3 unspecified atom stereocenters. The van der Waals surface area contributed by atoms with Gasteiger partial charge in [0, 0.05) is 12.5 Å². The first-order chi connectivity index (χ1) is 7.16. The third-order valence-electron chi connectivity index (χ3n) is 3.25. The molecule has 82 valence electrons. The number of nitrogens with two attached hydrogens (primary N) is 1. The Morgan fingerprint density at radius 1 is 1.40 bits per heavy atom. The lowest BCUT2D eigenvalue weighted by Gasteiger charge is -2.19. The zero-order valence-corrected chi connectivity index (χ0v) is 9.44. The van der Waals surface area contributed by atoms with E-state index in [1.54, 1.807) is 0 Å². The summed E-state index contributed by atoms with van der Waals surface area (Å²) in [6.07, 6.45) is 2.41. The molecule has 0 aromatic heterocycles. The van der Waals surface area contributed by atoms with Crippen LogP contribution in [0, 0.1) is 5.92 Å². The maximum atomic E-state index is 5.87. The quantitative estimate of drug-likeness (QED) is 0.822. The number of benzene rings is 1. The van der Waals surface area contributed by atoms with Crippen molar-refractivity contribution in [3.8, 4) is 5.75 Å². The van der Waals surface area contributed by atoms with E-state index in [4.69, 9.17) is 10.5 Å². The van der Waals surface area contributed by atoms with Crippen molar-refractivity contribution in [3.63, 3.8) is 0 Å². The highest BCUT2D eigenvalue weighted by atomic mass is 16.5. The maximum Gasteiger partial charge on any atom is 0.123 e. The molecule has 1 aliphatic heterocycles. The van der Waals surface area contributed by atoms with Crippen LogP contribution < -0.4 is 10.5 Å². The summed E-state index contributed by atoms with van der Waals surface area (Å²) in [7, 11) is 0. The molecule has 0 bridgehead atoms. The van der Waals surface area contributed by atoms with Crippen molar-refractivity contribution in [1.82, 2.24) is 0 Å². The van der Waals surface area contributed by atoms with Gasteiger partial charge in [0.15, 0.2) is 0 Å². The standard InChI is InChI=1S/C13H19NO/c1-9(10(2)14)7-12-8-11-5-3-4-6-13(11)15-12/h3-6,9-10,12H,7-8,14H2,1-2H3. The summed E-state index contributed by atoms with van der Waals surface area (Å²) in [4.78, 5) is 0. The van der Waals surface area contributed by atoms with Gasteiger partial charge in [0.05, 0.1) is 0 Å². The van der Waals surface area contributed by atoms with Gasteiger partial charge in [0.25, 0.3) is 0 Å². The highest BCUT2D eigenvalue weighted by molar-refractivity contribution is 5.37. The molecule has 0 spiro atoms. The Bertz CT molecular complexity index is 310. The van der Waals surface area contributed by atoms with E-state index in [-0.39, 0.29) is 6.04 Å². The van der Waals surface area contributed by atoms with Crippen molar-refractivity contribution in [1.29, 1.82) is 0 Å². The first-order valence-corrected chi connectivity index (χ1v) is 5.67. The van der Waals surface area contributed by atoms with E-state index in [9.17, 15) is 0 Å². The number of para-hydroxylation sites is 1. The first kappa shape index (κ1) is 10.5. The van der Waals surface area contributed by atoms with Crippen molar-refractivity contribution in [2.45, 2.75) is 38.8 Å². The molecule has 0 saturated heterocycles. The molecule has 3 atom stereocenters. The Morgan fingerprint density at radius 2 is 2.13 bits per heavy atom. The molecule has 1 aromatic rings. The lowest BCUT2D eigenvalue weighted by Crippen LogP contribution is -2.29. The molecule has 2 rings (SSSR count). The number of hydrogen-bond acceptors (Lipinski definition) is 2. The fourth-order valence-corrected chi connectivity index (χ4v) is 2.01. The summed E-state index contributed by atoms with van der Waals surface area (Å²) in [5, 5.41) is 0. The summed E-state index contributed by atoms with van der Waals surface area (Å²) >= 11 is 0. The van der Waals surface area contributed by atoms with E-state index in [2.05, 4.69) is 26.0 Å². The third-order valence-corrected chi connectivity index (χ3v) is 3.25. The van der Waals surface area contributed by atoms with Crippen molar-refractivity contribution in [2.75, 3.05) is 0 Å². The number of fused-ring (bicyclic) bond motifs is 1. The van der Waals surface area contributed by atoms with Gasteiger partial charge in [0.2, 0.25) is 0 Å². The van der Waals surface area contributed by atoms with Crippen molar-refractivity contribution >= 4 is 0 Å². The fourth-order valence-electron chi connectivity index (χ4n) is 2.01. The number of hydrogen-bond donors (Lipinski definition) is 1. The minimum atomic E-state index is 0.248. The van der Waals surface area contributed by atoms with Gasteiger partial charge in [-0.3, -0.25) is 0 Å². The Balaban J connectivity index is 1.96. The Hall–Kier alpha value is -1.02. The molecule has 1 aliphatic rings. The van der Waals surface area contributed by atoms with Crippen LogP contribution in [0.3, 0.4) is 0 Å². The van der Waals surface area contributed by atoms with E-state index in [0.29, 0.717) is 12.0 Å². The second-order valence-electron chi connectivity index (χ2n) is 4.62. The van der Waals surface area contributed by atoms with Gasteiger partial charge in [-0.15, -0.1) is 0 Å². The Labute approximate surface area is 91.4 Å². The molecule has 2 heteroatoms. The molecule has 0 amide bonds. The fraction of sp³-hybridized carbons (Fsp3) is 0.538. The van der Waals surface area contributed by atoms with E-state index in [1.807, 2.05) is 12.1 Å². The smallest absolute Gasteiger partial charge is 0.123 e. The van der Waals surface area contributed by atoms with Crippen molar-refractivity contribution in [2.24, 2.45) is 11.7 Å². The van der Waals surface area contributed by atoms with Crippen LogP contribution in [-0.4, -0.2) is 12.1 Å². The average molecular weight is 205 g/mol. The van der Waals surface area contributed by atoms with Crippen LogP contribution >= 0.6 is 0 Å². The summed E-state index contributed by atoms with van der Waals surface area (Å²) in [5.74, 6) is 1.57. The van der Waals surface area contributed by atoms with Gasteiger partial charge in [-0.25, -0.2) is 0 Å². The summed E-state index contributed by atoms with van der Waals surface area (Å²) in [6.45, 7) is 4.25. The van der Waals surface area contributed by atoms with E-state index < -0.39 is 0 Å². The van der Waals surface area contributed by atoms with E-state index in [1.165, 1.54) is 5.56 Å². The van der Waals surface area contributed by atoms with Gasteiger partial charge in [0.1, 0.15) is 11.9 Å².